The lowest BCUT2D eigenvalue weighted by molar-refractivity contribution is 0.181. The molecule has 1 saturated carbocycles. The maximum Gasteiger partial charge on any atom is 0.321 e. The van der Waals surface area contributed by atoms with Crippen LogP contribution in [0, 0.1) is 5.92 Å². The summed E-state index contributed by atoms with van der Waals surface area (Å²) in [5, 5.41) is 28.1. The van der Waals surface area contributed by atoms with Crippen LogP contribution < -0.4 is 10.1 Å². The fraction of sp³-hybridized carbons (Fsp3) is 0.565. The summed E-state index contributed by atoms with van der Waals surface area (Å²) in [6.45, 7) is 1.68. The fourth-order valence-electron chi connectivity index (χ4n) is 3.99. The number of ether oxygens (including phenoxy) is 1. The molecule has 0 unspecified atom stereocenters. The van der Waals surface area contributed by atoms with Gasteiger partial charge in [-0.05, 0) is 42.9 Å². The van der Waals surface area contributed by atoms with Gasteiger partial charge in [-0.1, -0.05) is 25.3 Å². The second-order valence-electron chi connectivity index (χ2n) is 8.08. The highest BCUT2D eigenvalue weighted by molar-refractivity contribution is 5.91. The molecule has 1 aliphatic carbocycles. The number of carbonyl (C=O) groups is 1. The van der Waals surface area contributed by atoms with Gasteiger partial charge in [0.2, 0.25) is 0 Å². The first-order valence-corrected chi connectivity index (χ1v) is 11.2. The zero-order valence-corrected chi connectivity index (χ0v) is 18.1. The van der Waals surface area contributed by atoms with E-state index in [0.717, 1.165) is 24.0 Å². The van der Waals surface area contributed by atoms with Gasteiger partial charge in [0.1, 0.15) is 5.75 Å². The molecule has 170 valence electrons. The predicted molar refractivity (Wildman–Crippen MR) is 120 cm³/mol. The molecular weight excluding hydrogens is 396 g/mol. The Kier molecular flexibility index (Phi) is 9.17. The van der Waals surface area contributed by atoms with Crippen molar-refractivity contribution in [2.75, 3.05) is 38.2 Å². The number of carbonyl (C=O) groups excluding carboxylic acids is 1. The fourth-order valence-corrected chi connectivity index (χ4v) is 3.99. The molecule has 0 bridgehead atoms. The summed E-state index contributed by atoms with van der Waals surface area (Å²) >= 11 is 0. The lowest BCUT2D eigenvalue weighted by Crippen LogP contribution is -2.40. The number of aromatic amines is 1. The molecule has 1 aromatic carbocycles. The molecular formula is C23H34N4O4. The van der Waals surface area contributed by atoms with Crippen molar-refractivity contribution in [2.45, 2.75) is 44.9 Å². The number of hydrogen-bond acceptors (Lipinski definition) is 5. The number of rotatable bonds is 11. The predicted octanol–water partition coefficient (Wildman–Crippen LogP) is 3.63. The van der Waals surface area contributed by atoms with E-state index in [4.69, 9.17) is 9.84 Å². The van der Waals surface area contributed by atoms with Gasteiger partial charge in [0.05, 0.1) is 18.5 Å². The Morgan fingerprint density at radius 2 is 1.97 bits per heavy atom. The van der Waals surface area contributed by atoms with Gasteiger partial charge < -0.3 is 25.2 Å². The van der Waals surface area contributed by atoms with E-state index in [-0.39, 0.29) is 19.2 Å². The van der Waals surface area contributed by atoms with Gasteiger partial charge in [0, 0.05) is 44.5 Å². The molecule has 1 aromatic heterocycles. The molecule has 0 aliphatic heterocycles. The van der Waals surface area contributed by atoms with Crippen LogP contribution in [0.15, 0.2) is 30.6 Å². The third-order valence-electron chi connectivity index (χ3n) is 5.69. The Morgan fingerprint density at radius 1 is 1.16 bits per heavy atom. The molecule has 8 nitrogen and oxygen atoms in total. The van der Waals surface area contributed by atoms with Crippen molar-refractivity contribution < 1.29 is 19.7 Å². The zero-order chi connectivity index (χ0) is 21.9. The van der Waals surface area contributed by atoms with Crippen LogP contribution in [0.5, 0.6) is 5.75 Å². The lowest BCUT2D eigenvalue weighted by atomic mass is 9.89. The third-order valence-corrected chi connectivity index (χ3v) is 5.69. The minimum absolute atomic E-state index is 0.0411. The second-order valence-corrected chi connectivity index (χ2v) is 8.08. The van der Waals surface area contributed by atoms with Crippen molar-refractivity contribution in [1.29, 1.82) is 0 Å². The third kappa shape index (κ3) is 6.97. The van der Waals surface area contributed by atoms with Gasteiger partial charge in [-0.25, -0.2) is 4.79 Å². The van der Waals surface area contributed by atoms with E-state index in [2.05, 4.69) is 15.5 Å². The molecule has 0 radical (unpaired) electrons. The van der Waals surface area contributed by atoms with Crippen molar-refractivity contribution in [2.24, 2.45) is 5.92 Å². The van der Waals surface area contributed by atoms with E-state index in [0.29, 0.717) is 49.9 Å². The van der Waals surface area contributed by atoms with E-state index in [1.807, 2.05) is 23.1 Å². The quantitative estimate of drug-likeness (QED) is 0.407. The van der Waals surface area contributed by atoms with Crippen LogP contribution >= 0.6 is 0 Å². The van der Waals surface area contributed by atoms with Crippen LogP contribution in [0.1, 0.15) is 44.9 Å². The summed E-state index contributed by atoms with van der Waals surface area (Å²) in [7, 11) is 0. The van der Waals surface area contributed by atoms with E-state index in [9.17, 15) is 9.90 Å². The number of aliphatic hydroxyl groups is 2. The Labute approximate surface area is 183 Å². The Balaban J connectivity index is 1.74. The highest BCUT2D eigenvalue weighted by Gasteiger charge is 2.22. The van der Waals surface area contributed by atoms with Crippen LogP contribution in [0.4, 0.5) is 10.5 Å². The number of benzene rings is 1. The van der Waals surface area contributed by atoms with E-state index < -0.39 is 0 Å². The number of urea groups is 1. The molecule has 1 aliphatic rings. The highest BCUT2D eigenvalue weighted by atomic mass is 16.5. The Morgan fingerprint density at radius 3 is 2.68 bits per heavy atom. The number of aromatic nitrogens is 2. The van der Waals surface area contributed by atoms with Gasteiger partial charge >= 0.3 is 6.03 Å². The standard InChI is InChI=1S/C23H34N4O4/c28-11-4-10-27(17-18-6-2-1-3-7-18)23(30)26-21-9-8-19(20-15-24-25-16-20)14-22(21)31-13-5-12-29/h8-9,14-16,18,28-29H,1-7,10-13,17H2,(H,24,25)(H,26,30). The van der Waals surface area contributed by atoms with Crippen LogP contribution in [0.2, 0.25) is 0 Å². The van der Waals surface area contributed by atoms with Gasteiger partial charge in [-0.2, -0.15) is 5.10 Å². The van der Waals surface area contributed by atoms with E-state index in [1.54, 1.807) is 12.4 Å². The monoisotopic (exact) mass is 430 g/mol. The van der Waals surface area contributed by atoms with E-state index in [1.165, 1.54) is 19.3 Å². The van der Waals surface area contributed by atoms with Crippen LogP contribution in [-0.2, 0) is 0 Å². The molecule has 4 N–H and O–H groups in total. The van der Waals surface area contributed by atoms with Crippen molar-refractivity contribution in [3.63, 3.8) is 0 Å². The summed E-state index contributed by atoms with van der Waals surface area (Å²) < 4.78 is 5.86. The average molecular weight is 431 g/mol. The van der Waals surface area contributed by atoms with Crippen molar-refractivity contribution >= 4 is 11.7 Å². The van der Waals surface area contributed by atoms with Gasteiger partial charge in [0.15, 0.2) is 0 Å². The number of hydrogen-bond donors (Lipinski definition) is 4. The number of nitrogens with one attached hydrogen (secondary N) is 2. The number of nitrogens with zero attached hydrogens (tertiary/aromatic N) is 2. The number of aliphatic hydroxyl groups excluding tert-OH is 2. The first-order valence-electron chi connectivity index (χ1n) is 11.2. The lowest BCUT2D eigenvalue weighted by Gasteiger charge is -2.30. The van der Waals surface area contributed by atoms with Gasteiger partial charge in [-0.15, -0.1) is 0 Å². The Bertz CT molecular complexity index is 791. The van der Waals surface area contributed by atoms with Crippen LogP contribution in [-0.4, -0.2) is 64.3 Å². The highest BCUT2D eigenvalue weighted by Crippen LogP contribution is 2.31. The summed E-state index contributed by atoms with van der Waals surface area (Å²) in [6, 6.07) is 5.44. The minimum atomic E-state index is -0.179. The molecule has 0 saturated heterocycles. The summed E-state index contributed by atoms with van der Waals surface area (Å²) in [4.78, 5) is 14.9. The first-order chi connectivity index (χ1) is 15.2. The first kappa shape index (κ1) is 23.1. The molecule has 31 heavy (non-hydrogen) atoms. The summed E-state index contributed by atoms with van der Waals surface area (Å²) in [5.41, 5.74) is 2.43. The average Bonchev–Trinajstić information content (AvgIpc) is 3.33. The zero-order valence-electron chi connectivity index (χ0n) is 18.1. The normalized spacial score (nSPS) is 14.4. The SMILES string of the molecule is O=C(Nc1ccc(-c2cn[nH]c2)cc1OCCCO)N(CCCO)CC1CCCCC1. The maximum atomic E-state index is 13.1. The van der Waals surface area contributed by atoms with Crippen molar-refractivity contribution in [3.05, 3.63) is 30.6 Å². The summed E-state index contributed by atoms with van der Waals surface area (Å²) in [6.07, 6.45) is 10.6. The minimum Gasteiger partial charge on any atom is -0.491 e. The molecule has 2 amide bonds. The Hall–Kier alpha value is -2.58. The largest absolute Gasteiger partial charge is 0.491 e. The molecule has 0 spiro atoms. The molecule has 0 atom stereocenters. The summed E-state index contributed by atoms with van der Waals surface area (Å²) in [5.74, 6) is 1.07. The number of amides is 2. The van der Waals surface area contributed by atoms with Crippen molar-refractivity contribution in [1.82, 2.24) is 15.1 Å². The smallest absolute Gasteiger partial charge is 0.321 e. The number of anilines is 1. The number of H-pyrrole nitrogens is 1. The maximum absolute atomic E-state index is 13.1. The molecule has 1 heterocycles. The van der Waals surface area contributed by atoms with E-state index >= 15 is 0 Å². The molecule has 3 rings (SSSR count). The van der Waals surface area contributed by atoms with Crippen LogP contribution in [0.3, 0.4) is 0 Å². The van der Waals surface area contributed by atoms with Gasteiger partial charge in [0.25, 0.3) is 0 Å². The van der Waals surface area contributed by atoms with Crippen LogP contribution in [0.25, 0.3) is 11.1 Å². The molecule has 1 fully saturated rings. The molecule has 8 heteroatoms. The van der Waals surface area contributed by atoms with Gasteiger partial charge in [-0.3, -0.25) is 5.10 Å². The topological polar surface area (TPSA) is 111 Å². The van der Waals surface area contributed by atoms with Crippen molar-refractivity contribution in [3.8, 4) is 16.9 Å². The second kappa shape index (κ2) is 12.3. The molecule has 2 aromatic rings.